The lowest BCUT2D eigenvalue weighted by Crippen LogP contribution is -2.53. The predicted octanol–water partition coefficient (Wildman–Crippen LogP) is 1.90. The highest BCUT2D eigenvalue weighted by molar-refractivity contribution is 6.31. The van der Waals surface area contributed by atoms with E-state index in [9.17, 15) is 19.2 Å². The third-order valence-electron chi connectivity index (χ3n) is 8.07. The topological polar surface area (TPSA) is 106 Å². The summed E-state index contributed by atoms with van der Waals surface area (Å²) in [4.78, 5) is 62.4. The summed E-state index contributed by atoms with van der Waals surface area (Å²) in [6.45, 7) is 4.33. The van der Waals surface area contributed by atoms with Gasteiger partial charge in [0.05, 0.1) is 24.7 Å². The summed E-state index contributed by atoms with van der Waals surface area (Å²) in [7, 11) is 3.05. The minimum absolute atomic E-state index is 0.135. The van der Waals surface area contributed by atoms with Gasteiger partial charge in [0.25, 0.3) is 11.5 Å². The first-order valence-electron chi connectivity index (χ1n) is 13.5. The Kier molecular flexibility index (Phi) is 6.79. The Morgan fingerprint density at radius 3 is 2.27 bits per heavy atom. The summed E-state index contributed by atoms with van der Waals surface area (Å²) in [5.74, 6) is 0.134. The van der Waals surface area contributed by atoms with Crippen molar-refractivity contribution in [3.8, 4) is 0 Å². The van der Waals surface area contributed by atoms with Crippen molar-refractivity contribution in [1.29, 1.82) is 0 Å². The van der Waals surface area contributed by atoms with Crippen LogP contribution in [-0.2, 0) is 30.2 Å². The second-order valence-electron chi connectivity index (χ2n) is 10.6. The zero-order valence-corrected chi connectivity index (χ0v) is 23.8. The predicted molar refractivity (Wildman–Crippen MR) is 157 cm³/mol. The summed E-state index contributed by atoms with van der Waals surface area (Å²) in [6, 6.07) is 14.3. The van der Waals surface area contributed by atoms with E-state index >= 15 is 0 Å². The van der Waals surface area contributed by atoms with Crippen LogP contribution in [0.1, 0.15) is 17.5 Å². The highest BCUT2D eigenvalue weighted by atomic mass is 35.5. The van der Waals surface area contributed by atoms with Crippen molar-refractivity contribution in [2.45, 2.75) is 25.9 Å². The number of halogens is 1. The number of piperazine rings is 1. The second kappa shape index (κ2) is 10.3. The normalized spacial score (nSPS) is 18.2. The molecule has 41 heavy (non-hydrogen) atoms. The van der Waals surface area contributed by atoms with Gasteiger partial charge in [0.2, 0.25) is 11.9 Å². The number of hydrogen-bond acceptors (Lipinski definition) is 7. The molecule has 11 nitrogen and oxygen atoms in total. The summed E-state index contributed by atoms with van der Waals surface area (Å²) < 4.78 is 4.27. The maximum absolute atomic E-state index is 13.3. The Labute approximate surface area is 240 Å². The van der Waals surface area contributed by atoms with Crippen LogP contribution < -0.4 is 21.0 Å². The van der Waals surface area contributed by atoms with Crippen molar-refractivity contribution in [3.63, 3.8) is 0 Å². The van der Waals surface area contributed by atoms with E-state index in [4.69, 9.17) is 16.6 Å². The monoisotopic (exact) mass is 575 g/mol. The molecule has 1 unspecified atom stereocenters. The van der Waals surface area contributed by atoms with Crippen LogP contribution in [0, 0.1) is 6.92 Å². The van der Waals surface area contributed by atoms with Gasteiger partial charge in [0.15, 0.2) is 11.2 Å². The fourth-order valence-electron chi connectivity index (χ4n) is 5.72. The van der Waals surface area contributed by atoms with Gasteiger partial charge in [-0.05, 0) is 30.7 Å². The third kappa shape index (κ3) is 4.54. The van der Waals surface area contributed by atoms with E-state index < -0.39 is 17.3 Å². The SMILES string of the molecule is Cc1ccc(N2C(=O)CC(N3CCN(c4nc5c(c(=O)n(C)c(=O)n5C)n4Cc4ccccc4Cl)CC3)C2=O)cc1. The molecule has 0 bridgehead atoms. The molecular formula is C29H30ClN7O4. The molecule has 2 amide bonds. The van der Waals surface area contributed by atoms with Crippen molar-refractivity contribution in [3.05, 3.63) is 85.5 Å². The highest BCUT2D eigenvalue weighted by Crippen LogP contribution is 2.29. The molecule has 0 saturated carbocycles. The minimum atomic E-state index is -0.527. The molecule has 2 aliphatic heterocycles. The summed E-state index contributed by atoms with van der Waals surface area (Å²) in [5, 5.41) is 0.564. The van der Waals surface area contributed by atoms with Crippen LogP contribution in [0.5, 0.6) is 0 Å². The Hall–Kier alpha value is -4.22. The van der Waals surface area contributed by atoms with Crippen molar-refractivity contribution in [1.82, 2.24) is 23.6 Å². The van der Waals surface area contributed by atoms with E-state index in [-0.39, 0.29) is 18.2 Å². The van der Waals surface area contributed by atoms with E-state index in [1.54, 1.807) is 25.2 Å². The van der Waals surface area contributed by atoms with Gasteiger partial charge in [0, 0.05) is 45.3 Å². The number of nitrogens with zero attached hydrogens (tertiary/aromatic N) is 7. The van der Waals surface area contributed by atoms with Gasteiger partial charge >= 0.3 is 5.69 Å². The molecule has 212 valence electrons. The van der Waals surface area contributed by atoms with Gasteiger partial charge in [-0.3, -0.25) is 33.0 Å². The number of benzene rings is 2. The van der Waals surface area contributed by atoms with E-state index in [1.165, 1.54) is 16.5 Å². The van der Waals surface area contributed by atoms with Gasteiger partial charge < -0.3 is 4.90 Å². The van der Waals surface area contributed by atoms with Crippen molar-refractivity contribution >= 4 is 46.2 Å². The van der Waals surface area contributed by atoms with Crippen LogP contribution in [0.2, 0.25) is 5.02 Å². The van der Waals surface area contributed by atoms with Crippen LogP contribution in [0.3, 0.4) is 0 Å². The largest absolute Gasteiger partial charge is 0.340 e. The quantitative estimate of drug-likeness (QED) is 0.335. The third-order valence-corrected chi connectivity index (χ3v) is 8.44. The smallest absolute Gasteiger partial charge is 0.332 e. The van der Waals surface area contributed by atoms with Gasteiger partial charge in [-0.2, -0.15) is 4.98 Å². The van der Waals surface area contributed by atoms with Crippen LogP contribution in [0.4, 0.5) is 11.6 Å². The molecule has 0 radical (unpaired) electrons. The summed E-state index contributed by atoms with van der Waals surface area (Å²) in [5.41, 5.74) is 2.19. The molecule has 4 aromatic rings. The number of carbonyl (C=O) groups is 2. The number of aryl methyl sites for hydroxylation is 2. The number of anilines is 2. The van der Waals surface area contributed by atoms with E-state index in [1.807, 2.05) is 46.7 Å². The summed E-state index contributed by atoms with van der Waals surface area (Å²) in [6.07, 6.45) is 0.135. The number of hydrogen-bond donors (Lipinski definition) is 0. The molecule has 0 aliphatic carbocycles. The van der Waals surface area contributed by atoms with Gasteiger partial charge in [-0.1, -0.05) is 47.5 Å². The number of aromatic nitrogens is 4. The number of amides is 2. The lowest BCUT2D eigenvalue weighted by Gasteiger charge is -2.37. The van der Waals surface area contributed by atoms with E-state index in [2.05, 4.69) is 4.90 Å². The lowest BCUT2D eigenvalue weighted by atomic mass is 10.1. The summed E-state index contributed by atoms with van der Waals surface area (Å²) >= 11 is 6.48. The average molecular weight is 576 g/mol. The molecule has 2 aromatic carbocycles. The van der Waals surface area contributed by atoms with Crippen LogP contribution >= 0.6 is 11.6 Å². The molecule has 1 atom stereocenters. The fourth-order valence-corrected chi connectivity index (χ4v) is 5.92. The zero-order chi connectivity index (χ0) is 29.0. The molecule has 2 aromatic heterocycles. The second-order valence-corrected chi connectivity index (χ2v) is 11.0. The number of imidazole rings is 1. The number of imide groups is 1. The molecule has 2 saturated heterocycles. The molecule has 6 rings (SSSR count). The molecule has 2 aliphatic rings. The van der Waals surface area contributed by atoms with Crippen LogP contribution in [-0.4, -0.2) is 67.6 Å². The zero-order valence-electron chi connectivity index (χ0n) is 23.1. The van der Waals surface area contributed by atoms with Crippen molar-refractivity contribution < 1.29 is 9.59 Å². The minimum Gasteiger partial charge on any atom is -0.340 e. The van der Waals surface area contributed by atoms with E-state index in [0.29, 0.717) is 60.5 Å². The Bertz CT molecular complexity index is 1800. The highest BCUT2D eigenvalue weighted by Gasteiger charge is 2.43. The molecule has 0 spiro atoms. The number of carbonyl (C=O) groups excluding carboxylic acids is 2. The van der Waals surface area contributed by atoms with Crippen LogP contribution in [0.25, 0.3) is 11.2 Å². The lowest BCUT2D eigenvalue weighted by molar-refractivity contribution is -0.123. The fraction of sp³-hybridized carbons (Fsp3) is 0.345. The maximum Gasteiger partial charge on any atom is 0.332 e. The average Bonchev–Trinajstić information content (AvgIpc) is 3.49. The first kappa shape index (κ1) is 27.0. The molecule has 0 N–H and O–H groups in total. The number of rotatable bonds is 5. The molecule has 4 heterocycles. The standard InChI is InChI=1S/C29H30ClN7O4/c1-18-8-10-20(11-9-18)37-23(38)16-22(26(37)39)34-12-14-35(15-13-34)28-31-25-24(27(40)33(3)29(41)32(25)2)36(28)17-19-6-4-5-7-21(19)30/h4-11,22H,12-17H2,1-3H3. The molecular weight excluding hydrogens is 546 g/mol. The Morgan fingerprint density at radius 2 is 1.59 bits per heavy atom. The van der Waals surface area contributed by atoms with Gasteiger partial charge in [-0.25, -0.2) is 9.69 Å². The molecule has 2 fully saturated rings. The van der Waals surface area contributed by atoms with E-state index in [0.717, 1.165) is 15.7 Å². The maximum atomic E-state index is 13.3. The van der Waals surface area contributed by atoms with Crippen molar-refractivity contribution in [2.75, 3.05) is 36.0 Å². The van der Waals surface area contributed by atoms with Gasteiger partial charge in [-0.15, -0.1) is 0 Å². The Balaban J connectivity index is 1.30. The first-order chi connectivity index (χ1) is 19.7. The first-order valence-corrected chi connectivity index (χ1v) is 13.9. The van der Waals surface area contributed by atoms with Crippen LogP contribution in [0.15, 0.2) is 58.1 Å². The Morgan fingerprint density at radius 1 is 0.902 bits per heavy atom. The van der Waals surface area contributed by atoms with Crippen molar-refractivity contribution in [2.24, 2.45) is 14.1 Å². The molecule has 12 heteroatoms. The van der Waals surface area contributed by atoms with Gasteiger partial charge in [0.1, 0.15) is 0 Å². The number of fused-ring (bicyclic) bond motifs is 1.